The van der Waals surface area contributed by atoms with Gasteiger partial charge in [-0.2, -0.15) is 5.26 Å². The van der Waals surface area contributed by atoms with Crippen molar-refractivity contribution in [2.75, 3.05) is 25.0 Å². The number of anilines is 1. The molecule has 1 aliphatic rings. The van der Waals surface area contributed by atoms with E-state index in [1.54, 1.807) is 11.8 Å². The average molecular weight is 383 g/mol. The summed E-state index contributed by atoms with van der Waals surface area (Å²) in [5.74, 6) is -0.672. The van der Waals surface area contributed by atoms with E-state index in [1.807, 2.05) is 18.2 Å². The number of esters is 1. The summed E-state index contributed by atoms with van der Waals surface area (Å²) in [6, 6.07) is 9.99. The molecular weight excluding hydrogens is 354 g/mol. The number of hydrogen-bond donors (Lipinski definition) is 1. The van der Waals surface area contributed by atoms with Crippen LogP contribution in [0.4, 0.5) is 5.69 Å². The molecule has 0 aliphatic carbocycles. The van der Waals surface area contributed by atoms with Gasteiger partial charge in [0, 0.05) is 25.0 Å². The van der Waals surface area contributed by atoms with Gasteiger partial charge in [0.1, 0.15) is 11.6 Å². The van der Waals surface area contributed by atoms with Gasteiger partial charge in [0.15, 0.2) is 0 Å². The van der Waals surface area contributed by atoms with Gasteiger partial charge in [-0.25, -0.2) is 0 Å². The molecule has 28 heavy (non-hydrogen) atoms. The monoisotopic (exact) mass is 383 g/mol. The molecule has 0 bridgehead atoms. The minimum atomic E-state index is -0.308. The topological polar surface area (TPSA) is 82.4 Å². The van der Waals surface area contributed by atoms with E-state index < -0.39 is 0 Å². The van der Waals surface area contributed by atoms with Crippen LogP contribution in [0.25, 0.3) is 0 Å². The molecule has 1 saturated heterocycles. The Morgan fingerprint density at radius 1 is 1.25 bits per heavy atom. The highest BCUT2D eigenvalue weighted by Gasteiger charge is 2.29. The van der Waals surface area contributed by atoms with Gasteiger partial charge < -0.3 is 15.0 Å². The smallest absolute Gasteiger partial charge is 0.309 e. The third-order valence-corrected chi connectivity index (χ3v) is 4.91. The fraction of sp³-hybridized carbons (Fsp3) is 0.500. The Labute approximate surface area is 167 Å². The van der Waals surface area contributed by atoms with Crippen molar-refractivity contribution in [3.05, 3.63) is 41.6 Å². The third kappa shape index (κ3) is 6.12. The number of nitrogens with zero attached hydrogens (tertiary/aromatic N) is 2. The second-order valence-corrected chi connectivity index (χ2v) is 6.93. The van der Waals surface area contributed by atoms with Gasteiger partial charge in [0.25, 0.3) is 5.91 Å². The highest BCUT2D eigenvalue weighted by molar-refractivity contribution is 5.97. The van der Waals surface area contributed by atoms with Crippen LogP contribution >= 0.6 is 0 Å². The van der Waals surface area contributed by atoms with Crippen LogP contribution in [0.15, 0.2) is 36.0 Å². The summed E-state index contributed by atoms with van der Waals surface area (Å²) in [7, 11) is 0. The maximum absolute atomic E-state index is 12.6. The fourth-order valence-electron chi connectivity index (χ4n) is 3.19. The Bertz CT molecular complexity index is 726. The van der Waals surface area contributed by atoms with Crippen molar-refractivity contribution < 1.29 is 14.3 Å². The molecule has 6 heteroatoms. The normalized spacial score (nSPS) is 15.0. The van der Waals surface area contributed by atoms with E-state index >= 15 is 0 Å². The summed E-state index contributed by atoms with van der Waals surface area (Å²) in [6.07, 6.45) is 5.96. The van der Waals surface area contributed by atoms with Crippen molar-refractivity contribution in [2.24, 2.45) is 5.92 Å². The molecule has 1 N–H and O–H groups in total. The van der Waals surface area contributed by atoms with Gasteiger partial charge in [0.2, 0.25) is 0 Å². The van der Waals surface area contributed by atoms with Gasteiger partial charge >= 0.3 is 5.97 Å². The summed E-state index contributed by atoms with van der Waals surface area (Å²) in [4.78, 5) is 26.0. The minimum absolute atomic E-state index is 0.0599. The lowest BCUT2D eigenvalue weighted by atomic mass is 9.96. The first kappa shape index (κ1) is 21.5. The number of carbonyl (C=O) groups is 2. The van der Waals surface area contributed by atoms with Crippen LogP contribution in [0.2, 0.25) is 0 Å². The predicted molar refractivity (Wildman–Crippen MR) is 108 cm³/mol. The summed E-state index contributed by atoms with van der Waals surface area (Å²) in [5.41, 5.74) is 2.17. The Balaban J connectivity index is 1.91. The molecule has 1 aromatic carbocycles. The van der Waals surface area contributed by atoms with Crippen LogP contribution in [0.1, 0.15) is 45.1 Å². The number of hydrogen-bond acceptors (Lipinski definition) is 5. The molecule has 1 amide bonds. The highest BCUT2D eigenvalue weighted by atomic mass is 16.5. The van der Waals surface area contributed by atoms with Crippen LogP contribution in [-0.2, 0) is 20.7 Å². The summed E-state index contributed by atoms with van der Waals surface area (Å²) < 4.78 is 5.05. The van der Waals surface area contributed by atoms with Crippen LogP contribution in [-0.4, -0.2) is 36.5 Å². The standard InChI is InChI=1S/C22H29N3O3/c1-3-5-6-17-7-9-20(10-8-17)24-16-19(15-23)21(26)25-13-11-18(12-14-25)22(27)28-4-2/h7-10,16,18,24H,3-6,11-14H2,1-2H3/b19-16-. The number of amides is 1. The van der Waals surface area contributed by atoms with Crippen molar-refractivity contribution in [3.63, 3.8) is 0 Å². The number of rotatable bonds is 8. The zero-order valence-electron chi connectivity index (χ0n) is 16.7. The zero-order valence-corrected chi connectivity index (χ0v) is 16.7. The quantitative estimate of drug-likeness (QED) is 0.421. The van der Waals surface area contributed by atoms with Gasteiger partial charge in [0.05, 0.1) is 12.5 Å². The van der Waals surface area contributed by atoms with Gasteiger partial charge in [-0.05, 0) is 50.3 Å². The minimum Gasteiger partial charge on any atom is -0.466 e. The molecular formula is C22H29N3O3. The Morgan fingerprint density at radius 2 is 1.93 bits per heavy atom. The van der Waals surface area contributed by atoms with E-state index in [0.717, 1.165) is 24.9 Å². The summed E-state index contributed by atoms with van der Waals surface area (Å²) in [5, 5.41) is 12.4. The number of ether oxygens (including phenoxy) is 1. The van der Waals surface area contributed by atoms with Crippen LogP contribution in [0.5, 0.6) is 0 Å². The first-order valence-corrected chi connectivity index (χ1v) is 10.0. The SMILES string of the molecule is CCCCc1ccc(N/C=C(/C#N)C(=O)N2CCC(C(=O)OCC)CC2)cc1. The van der Waals surface area contributed by atoms with Crippen molar-refractivity contribution in [1.29, 1.82) is 5.26 Å². The van der Waals surface area contributed by atoms with Crippen LogP contribution in [0.3, 0.4) is 0 Å². The number of aryl methyl sites for hydroxylation is 1. The number of unbranched alkanes of at least 4 members (excludes halogenated alkanes) is 1. The predicted octanol–water partition coefficient (Wildman–Crippen LogP) is 3.65. The van der Waals surface area contributed by atoms with Crippen molar-refractivity contribution in [2.45, 2.75) is 46.0 Å². The number of nitriles is 1. The van der Waals surface area contributed by atoms with Crippen LogP contribution in [0, 0.1) is 17.2 Å². The van der Waals surface area contributed by atoms with E-state index in [1.165, 1.54) is 11.8 Å². The molecule has 0 spiro atoms. The van der Waals surface area contributed by atoms with Gasteiger partial charge in [-0.15, -0.1) is 0 Å². The van der Waals surface area contributed by atoms with Gasteiger partial charge in [-0.1, -0.05) is 25.5 Å². The lowest BCUT2D eigenvalue weighted by Gasteiger charge is -2.30. The second kappa shape index (κ2) is 11.1. The zero-order chi connectivity index (χ0) is 20.4. The number of carbonyl (C=O) groups excluding carboxylic acids is 2. The molecule has 2 rings (SSSR count). The molecule has 6 nitrogen and oxygen atoms in total. The van der Waals surface area contributed by atoms with E-state index in [9.17, 15) is 14.9 Å². The highest BCUT2D eigenvalue weighted by Crippen LogP contribution is 2.20. The molecule has 0 aromatic heterocycles. The molecule has 1 aliphatic heterocycles. The van der Waals surface area contributed by atoms with E-state index in [4.69, 9.17) is 4.74 Å². The molecule has 1 aromatic rings. The maximum Gasteiger partial charge on any atom is 0.309 e. The van der Waals surface area contributed by atoms with Crippen molar-refractivity contribution in [1.82, 2.24) is 4.90 Å². The number of benzene rings is 1. The van der Waals surface area contributed by atoms with E-state index in [2.05, 4.69) is 24.4 Å². The Morgan fingerprint density at radius 3 is 2.50 bits per heavy atom. The maximum atomic E-state index is 12.6. The first-order valence-electron chi connectivity index (χ1n) is 10.0. The van der Waals surface area contributed by atoms with E-state index in [-0.39, 0.29) is 23.4 Å². The number of piperidine rings is 1. The molecule has 0 saturated carbocycles. The largest absolute Gasteiger partial charge is 0.466 e. The lowest BCUT2D eigenvalue weighted by Crippen LogP contribution is -2.41. The molecule has 1 fully saturated rings. The molecule has 0 atom stereocenters. The Hall–Kier alpha value is -2.81. The van der Waals surface area contributed by atoms with Crippen molar-refractivity contribution in [3.8, 4) is 6.07 Å². The van der Waals surface area contributed by atoms with Crippen molar-refractivity contribution >= 4 is 17.6 Å². The lowest BCUT2D eigenvalue weighted by molar-refractivity contribution is -0.150. The summed E-state index contributed by atoms with van der Waals surface area (Å²) >= 11 is 0. The van der Waals surface area contributed by atoms with Crippen LogP contribution < -0.4 is 5.32 Å². The van der Waals surface area contributed by atoms with E-state index in [0.29, 0.717) is 32.5 Å². The van der Waals surface area contributed by atoms with Gasteiger partial charge in [-0.3, -0.25) is 9.59 Å². The third-order valence-electron chi connectivity index (χ3n) is 4.91. The number of likely N-dealkylation sites (tertiary alicyclic amines) is 1. The Kier molecular flexibility index (Phi) is 8.54. The average Bonchev–Trinajstić information content (AvgIpc) is 2.73. The molecule has 150 valence electrons. The molecule has 0 radical (unpaired) electrons. The molecule has 1 heterocycles. The molecule has 0 unspecified atom stereocenters. The summed E-state index contributed by atoms with van der Waals surface area (Å²) in [6.45, 7) is 5.22. The second-order valence-electron chi connectivity index (χ2n) is 6.93. The first-order chi connectivity index (χ1) is 13.6. The fourth-order valence-corrected chi connectivity index (χ4v) is 3.19. The number of nitrogens with one attached hydrogen (secondary N) is 1.